The number of amides is 2. The molecule has 0 atom stereocenters. The number of hydrogen-bond acceptors (Lipinski definition) is 5. The zero-order chi connectivity index (χ0) is 22.0. The molecule has 2 aromatic heterocycles. The molecular formula is C22H16F2N4O2S. The van der Waals surface area contributed by atoms with E-state index in [1.807, 2.05) is 0 Å². The normalized spacial score (nSPS) is 13.7. The predicted octanol–water partition coefficient (Wildman–Crippen LogP) is 4.97. The van der Waals surface area contributed by atoms with Crippen LogP contribution < -0.4 is 5.32 Å². The summed E-state index contributed by atoms with van der Waals surface area (Å²) >= 11 is 1.25. The van der Waals surface area contributed by atoms with Gasteiger partial charge in [-0.1, -0.05) is 5.57 Å². The van der Waals surface area contributed by atoms with Gasteiger partial charge in [-0.2, -0.15) is 5.26 Å². The van der Waals surface area contributed by atoms with Crippen molar-refractivity contribution in [2.24, 2.45) is 0 Å². The van der Waals surface area contributed by atoms with Crippen molar-refractivity contribution in [2.45, 2.75) is 12.8 Å². The molecule has 3 heterocycles. The van der Waals surface area contributed by atoms with Crippen molar-refractivity contribution in [2.75, 3.05) is 18.4 Å². The smallest absolute Gasteiger partial charge is 0.321 e. The van der Waals surface area contributed by atoms with Crippen LogP contribution in [-0.4, -0.2) is 35.3 Å². The third-order valence-corrected chi connectivity index (χ3v) is 6.03. The minimum absolute atomic E-state index is 0.0697. The highest BCUT2D eigenvalue weighted by atomic mass is 32.1. The molecular weight excluding hydrogens is 422 g/mol. The fraction of sp³-hybridized carbons (Fsp3) is 0.182. The predicted molar refractivity (Wildman–Crippen MR) is 114 cm³/mol. The molecule has 3 aromatic rings. The van der Waals surface area contributed by atoms with E-state index in [4.69, 9.17) is 5.26 Å². The van der Waals surface area contributed by atoms with Gasteiger partial charge in [-0.05, 0) is 43.2 Å². The van der Waals surface area contributed by atoms with E-state index >= 15 is 0 Å². The summed E-state index contributed by atoms with van der Waals surface area (Å²) in [7, 11) is 0. The lowest BCUT2D eigenvalue weighted by molar-refractivity contribution is 0.112. The Bertz CT molecular complexity index is 1230. The molecule has 1 aliphatic rings. The van der Waals surface area contributed by atoms with Crippen molar-refractivity contribution in [3.05, 3.63) is 63.7 Å². The van der Waals surface area contributed by atoms with Crippen LogP contribution in [0.15, 0.2) is 36.0 Å². The Kier molecular flexibility index (Phi) is 5.73. The molecule has 0 bridgehead atoms. The molecule has 9 heteroatoms. The molecule has 1 fully saturated rings. The second kappa shape index (κ2) is 8.62. The average Bonchev–Trinajstić information content (AvgIpc) is 3.21. The minimum atomic E-state index is -0.781. The number of anilines is 1. The minimum Gasteiger partial charge on any atom is -0.324 e. The van der Waals surface area contributed by atoms with Gasteiger partial charge in [0.1, 0.15) is 16.5 Å². The number of thiophene rings is 1. The van der Waals surface area contributed by atoms with Crippen molar-refractivity contribution < 1.29 is 18.4 Å². The van der Waals surface area contributed by atoms with E-state index in [-0.39, 0.29) is 17.2 Å². The number of piperidine rings is 1. The van der Waals surface area contributed by atoms with Crippen LogP contribution in [0.2, 0.25) is 0 Å². The van der Waals surface area contributed by atoms with E-state index in [0.717, 1.165) is 24.0 Å². The molecule has 1 aromatic carbocycles. The van der Waals surface area contributed by atoms with Gasteiger partial charge in [-0.3, -0.25) is 4.79 Å². The molecule has 6 nitrogen and oxygen atoms in total. The monoisotopic (exact) mass is 438 g/mol. The summed E-state index contributed by atoms with van der Waals surface area (Å²) in [4.78, 5) is 30.7. The van der Waals surface area contributed by atoms with Gasteiger partial charge in [-0.25, -0.2) is 18.6 Å². The number of nitriles is 1. The molecule has 0 spiro atoms. The SMILES string of the molecule is N#Cc1cc(F)c(C=C2CCN(C(=O)Nc3ccnc4sc(C=O)cc34)CC2)c(F)c1. The Morgan fingerprint density at radius 1 is 1.23 bits per heavy atom. The maximum atomic E-state index is 14.1. The lowest BCUT2D eigenvalue weighted by Gasteiger charge is -2.28. The number of halogens is 2. The molecule has 1 N–H and O–H groups in total. The standard InChI is InChI=1S/C22H16F2N4O2S/c23-18-8-14(11-25)9-19(24)16(18)7-13-2-5-28(6-3-13)22(30)27-20-1-4-26-21-17(20)10-15(12-29)31-21/h1,4,7-10,12H,2-3,5-6H2,(H,26,27,30). The Labute approximate surface area is 180 Å². The van der Waals surface area contributed by atoms with Crippen molar-refractivity contribution in [1.82, 2.24) is 9.88 Å². The first-order chi connectivity index (χ1) is 15.0. The summed E-state index contributed by atoms with van der Waals surface area (Å²) < 4.78 is 28.2. The van der Waals surface area contributed by atoms with Gasteiger partial charge in [0.25, 0.3) is 0 Å². The number of carbonyl (C=O) groups excluding carboxylic acids is 2. The molecule has 0 saturated carbocycles. The lowest BCUT2D eigenvalue weighted by atomic mass is 10.00. The molecule has 0 radical (unpaired) electrons. The van der Waals surface area contributed by atoms with Gasteiger partial charge < -0.3 is 10.2 Å². The fourth-order valence-corrected chi connectivity index (χ4v) is 4.29. The number of rotatable bonds is 3. The van der Waals surface area contributed by atoms with Gasteiger partial charge in [0.2, 0.25) is 0 Å². The van der Waals surface area contributed by atoms with Crippen LogP contribution in [0.5, 0.6) is 0 Å². The van der Waals surface area contributed by atoms with E-state index in [1.165, 1.54) is 17.4 Å². The number of urea groups is 1. The van der Waals surface area contributed by atoms with E-state index in [2.05, 4.69) is 10.3 Å². The Morgan fingerprint density at radius 2 is 1.94 bits per heavy atom. The van der Waals surface area contributed by atoms with Crippen LogP contribution in [-0.2, 0) is 0 Å². The van der Waals surface area contributed by atoms with Crippen LogP contribution in [0.4, 0.5) is 19.3 Å². The number of benzene rings is 1. The summed E-state index contributed by atoms with van der Waals surface area (Å²) in [5.41, 5.74) is 1.16. The molecule has 0 aliphatic carbocycles. The maximum absolute atomic E-state index is 14.1. The second-order valence-electron chi connectivity index (χ2n) is 7.03. The van der Waals surface area contributed by atoms with Crippen molar-refractivity contribution in [3.8, 4) is 6.07 Å². The number of pyridine rings is 1. The van der Waals surface area contributed by atoms with Crippen molar-refractivity contribution in [1.29, 1.82) is 5.26 Å². The quantitative estimate of drug-likeness (QED) is 0.585. The second-order valence-corrected chi connectivity index (χ2v) is 8.09. The highest BCUT2D eigenvalue weighted by Gasteiger charge is 2.21. The Morgan fingerprint density at radius 3 is 2.58 bits per heavy atom. The first-order valence-corrected chi connectivity index (χ1v) is 10.3. The van der Waals surface area contributed by atoms with Crippen molar-refractivity contribution in [3.63, 3.8) is 0 Å². The number of fused-ring (bicyclic) bond motifs is 1. The number of nitrogens with one attached hydrogen (secondary N) is 1. The largest absolute Gasteiger partial charge is 0.324 e. The highest BCUT2D eigenvalue weighted by molar-refractivity contribution is 7.20. The summed E-state index contributed by atoms with van der Waals surface area (Å²) in [5, 5.41) is 12.4. The zero-order valence-electron chi connectivity index (χ0n) is 16.2. The summed E-state index contributed by atoms with van der Waals surface area (Å²) in [6, 6.07) is 6.81. The molecule has 31 heavy (non-hydrogen) atoms. The molecule has 0 unspecified atom stereocenters. The zero-order valence-corrected chi connectivity index (χ0v) is 17.0. The maximum Gasteiger partial charge on any atom is 0.321 e. The van der Waals surface area contributed by atoms with Crippen LogP contribution in [0.25, 0.3) is 16.3 Å². The highest BCUT2D eigenvalue weighted by Crippen LogP contribution is 2.29. The number of hydrogen-bond donors (Lipinski definition) is 1. The van der Waals surface area contributed by atoms with Crippen LogP contribution in [0.3, 0.4) is 0 Å². The number of nitrogens with zero attached hydrogens (tertiary/aromatic N) is 3. The van der Waals surface area contributed by atoms with E-state index in [1.54, 1.807) is 29.3 Å². The average molecular weight is 438 g/mol. The summed E-state index contributed by atoms with van der Waals surface area (Å²) in [6.45, 7) is 0.795. The Balaban J connectivity index is 1.44. The van der Waals surface area contributed by atoms with Gasteiger partial charge in [0, 0.05) is 30.2 Å². The van der Waals surface area contributed by atoms with Gasteiger partial charge >= 0.3 is 6.03 Å². The summed E-state index contributed by atoms with van der Waals surface area (Å²) in [6.07, 6.45) is 4.73. The third kappa shape index (κ3) is 4.29. The first-order valence-electron chi connectivity index (χ1n) is 9.46. The van der Waals surface area contributed by atoms with Crippen LogP contribution in [0.1, 0.15) is 33.6 Å². The third-order valence-electron chi connectivity index (χ3n) is 5.06. The number of aromatic nitrogens is 1. The van der Waals surface area contributed by atoms with Crippen molar-refractivity contribution >= 4 is 45.6 Å². The topological polar surface area (TPSA) is 86.1 Å². The van der Waals surface area contributed by atoms with E-state index in [0.29, 0.717) is 46.7 Å². The first kappa shape index (κ1) is 20.6. The number of carbonyl (C=O) groups is 2. The van der Waals surface area contributed by atoms with Gasteiger partial charge in [0.15, 0.2) is 6.29 Å². The molecule has 4 rings (SSSR count). The van der Waals surface area contributed by atoms with Crippen LogP contribution >= 0.6 is 11.3 Å². The lowest BCUT2D eigenvalue weighted by Crippen LogP contribution is -2.39. The fourth-order valence-electron chi connectivity index (χ4n) is 3.45. The molecule has 1 saturated heterocycles. The molecule has 2 amide bonds. The summed E-state index contributed by atoms with van der Waals surface area (Å²) in [5.74, 6) is -1.56. The van der Waals surface area contributed by atoms with Gasteiger partial charge in [-0.15, -0.1) is 11.3 Å². The number of likely N-dealkylation sites (tertiary alicyclic amines) is 1. The van der Waals surface area contributed by atoms with Crippen LogP contribution in [0, 0.1) is 23.0 Å². The number of aldehydes is 1. The molecule has 156 valence electrons. The van der Waals surface area contributed by atoms with Gasteiger partial charge in [0.05, 0.1) is 22.2 Å². The van der Waals surface area contributed by atoms with E-state index in [9.17, 15) is 18.4 Å². The molecule has 1 aliphatic heterocycles. The van der Waals surface area contributed by atoms with E-state index < -0.39 is 11.6 Å². The Hall–Kier alpha value is -3.64.